The molecule has 0 atom stereocenters. The highest BCUT2D eigenvalue weighted by atomic mass is 28.2. The molecule has 7 heavy (non-hydrogen) atoms. The maximum atomic E-state index is 9.84. The standard InChI is InChI=1S/C5H13OSi/c1-2-4-7-5-3-6/h2-5,7H2,1H3. The Morgan fingerprint density at radius 2 is 2.14 bits per heavy atom. The molecule has 0 aromatic heterocycles. The van der Waals surface area contributed by atoms with Crippen LogP contribution < -0.4 is 0 Å². The Bertz CT molecular complexity index is 27.3. The van der Waals surface area contributed by atoms with Crippen LogP contribution in [-0.4, -0.2) is 16.1 Å². The highest BCUT2D eigenvalue weighted by Gasteiger charge is 1.83. The summed E-state index contributed by atoms with van der Waals surface area (Å²) >= 11 is 0. The van der Waals surface area contributed by atoms with Crippen molar-refractivity contribution in [3.63, 3.8) is 0 Å². The lowest BCUT2D eigenvalue weighted by Gasteiger charge is -1.87. The lowest BCUT2D eigenvalue weighted by molar-refractivity contribution is 0.211. The molecule has 0 fully saturated rings. The van der Waals surface area contributed by atoms with E-state index in [-0.39, 0.29) is 16.1 Å². The highest BCUT2D eigenvalue weighted by molar-refractivity contribution is 6.35. The average molecular weight is 117 g/mol. The fourth-order valence-corrected chi connectivity index (χ4v) is 1.59. The van der Waals surface area contributed by atoms with E-state index in [1.165, 1.54) is 12.5 Å². The third-order valence-electron chi connectivity index (χ3n) is 0.998. The summed E-state index contributed by atoms with van der Waals surface area (Å²) in [6.07, 6.45) is 1.28. The molecule has 0 spiro atoms. The zero-order valence-electron chi connectivity index (χ0n) is 4.94. The summed E-state index contributed by atoms with van der Waals surface area (Å²) in [6, 6.07) is 2.37. The number of hydrogen-bond donors (Lipinski definition) is 0. The van der Waals surface area contributed by atoms with E-state index >= 15 is 0 Å². The molecule has 0 amide bonds. The summed E-state index contributed by atoms with van der Waals surface area (Å²) in [4.78, 5) is 0. The van der Waals surface area contributed by atoms with Crippen molar-refractivity contribution < 1.29 is 5.11 Å². The Morgan fingerprint density at radius 1 is 1.43 bits per heavy atom. The predicted octanol–water partition coefficient (Wildman–Crippen LogP) is 0.832. The predicted molar refractivity (Wildman–Crippen MR) is 34.0 cm³/mol. The molecule has 0 heterocycles. The quantitative estimate of drug-likeness (QED) is 0.384. The Balaban J connectivity index is 2.45. The van der Waals surface area contributed by atoms with Gasteiger partial charge in [0.1, 0.15) is 0 Å². The molecule has 1 nitrogen and oxygen atoms in total. The molecule has 0 aliphatic heterocycles. The highest BCUT2D eigenvalue weighted by Crippen LogP contribution is 1.87. The summed E-state index contributed by atoms with van der Waals surface area (Å²) in [5, 5.41) is 9.84. The summed E-state index contributed by atoms with van der Waals surface area (Å²) in [6.45, 7) is 2.35. The van der Waals surface area contributed by atoms with Crippen LogP contribution in [0.3, 0.4) is 0 Å². The van der Waals surface area contributed by atoms with Crippen LogP contribution in [0.4, 0.5) is 0 Å². The van der Waals surface area contributed by atoms with E-state index < -0.39 is 0 Å². The van der Waals surface area contributed by atoms with E-state index in [0.717, 1.165) is 6.04 Å². The van der Waals surface area contributed by atoms with Crippen molar-refractivity contribution in [2.24, 2.45) is 0 Å². The summed E-state index contributed by atoms with van der Waals surface area (Å²) in [5.41, 5.74) is 0. The fraction of sp³-hybridized carbons (Fsp3) is 1.00. The number of rotatable bonds is 4. The Labute approximate surface area is 47.6 Å². The summed E-state index contributed by atoms with van der Waals surface area (Å²) in [7, 11) is 0.0988. The molecule has 1 radical (unpaired) electrons. The van der Waals surface area contributed by atoms with Gasteiger partial charge >= 0.3 is 0 Å². The van der Waals surface area contributed by atoms with Crippen LogP contribution in [0, 0.1) is 0 Å². The Kier molecular flexibility index (Phi) is 6.33. The van der Waals surface area contributed by atoms with Gasteiger partial charge in [-0.25, -0.2) is 5.11 Å². The minimum absolute atomic E-state index is 0.0988. The second-order valence-corrected chi connectivity index (χ2v) is 3.89. The van der Waals surface area contributed by atoms with Gasteiger partial charge < -0.3 is 0 Å². The topological polar surface area (TPSA) is 19.9 Å². The Morgan fingerprint density at radius 3 is 2.57 bits per heavy atom. The van der Waals surface area contributed by atoms with Gasteiger partial charge in [-0.05, 0) is 6.04 Å². The summed E-state index contributed by atoms with van der Waals surface area (Å²) in [5.74, 6) is 0. The van der Waals surface area contributed by atoms with Gasteiger partial charge in [-0.3, -0.25) is 0 Å². The fourth-order valence-electron chi connectivity index (χ4n) is 0.529. The van der Waals surface area contributed by atoms with E-state index in [1.807, 2.05) is 0 Å². The maximum Gasteiger partial charge on any atom is 0.0793 e. The van der Waals surface area contributed by atoms with Gasteiger partial charge in [0.15, 0.2) is 0 Å². The Hall–Kier alpha value is 0.177. The van der Waals surface area contributed by atoms with E-state index in [4.69, 9.17) is 0 Å². The van der Waals surface area contributed by atoms with Crippen LogP contribution in [-0.2, 0) is 5.11 Å². The van der Waals surface area contributed by atoms with Gasteiger partial charge in [-0.1, -0.05) is 19.4 Å². The molecular weight excluding hydrogens is 104 g/mol. The van der Waals surface area contributed by atoms with Gasteiger partial charge in [0.2, 0.25) is 0 Å². The van der Waals surface area contributed by atoms with E-state index in [9.17, 15) is 5.11 Å². The van der Waals surface area contributed by atoms with Gasteiger partial charge in [-0.15, -0.1) is 0 Å². The third-order valence-corrected chi connectivity index (χ3v) is 2.99. The van der Waals surface area contributed by atoms with Crippen LogP contribution >= 0.6 is 0 Å². The van der Waals surface area contributed by atoms with Crippen molar-refractivity contribution in [3.8, 4) is 0 Å². The van der Waals surface area contributed by atoms with Crippen LogP contribution in [0.2, 0.25) is 12.1 Å². The van der Waals surface area contributed by atoms with Crippen LogP contribution in [0.1, 0.15) is 13.3 Å². The normalized spacial score (nSPS) is 11.1. The molecule has 0 unspecified atom stereocenters. The summed E-state index contributed by atoms with van der Waals surface area (Å²) < 4.78 is 0. The first-order valence-electron chi connectivity index (χ1n) is 3.00. The molecule has 0 saturated heterocycles. The van der Waals surface area contributed by atoms with Gasteiger partial charge in [0, 0.05) is 9.52 Å². The van der Waals surface area contributed by atoms with E-state index in [0.29, 0.717) is 0 Å². The molecule has 2 heteroatoms. The first-order valence-corrected chi connectivity index (χ1v) is 5.00. The lowest BCUT2D eigenvalue weighted by Crippen LogP contribution is -1.89. The van der Waals surface area contributed by atoms with E-state index in [1.54, 1.807) is 0 Å². The van der Waals surface area contributed by atoms with Crippen LogP contribution in [0.15, 0.2) is 0 Å². The minimum Gasteiger partial charge on any atom is -0.237 e. The molecule has 0 rings (SSSR count). The molecule has 0 aliphatic carbocycles. The van der Waals surface area contributed by atoms with Crippen molar-refractivity contribution in [2.45, 2.75) is 25.4 Å². The van der Waals surface area contributed by atoms with Crippen molar-refractivity contribution >= 4 is 9.52 Å². The molecule has 0 N–H and O–H groups in total. The van der Waals surface area contributed by atoms with Crippen LogP contribution in [0.25, 0.3) is 0 Å². The zero-order valence-corrected chi connectivity index (χ0v) is 6.36. The van der Waals surface area contributed by atoms with Gasteiger partial charge in [0.05, 0.1) is 6.61 Å². The number of hydrogen-bond acceptors (Lipinski definition) is 0. The first-order chi connectivity index (χ1) is 3.41. The molecule has 0 bridgehead atoms. The second-order valence-electron chi connectivity index (χ2n) is 1.76. The van der Waals surface area contributed by atoms with Crippen molar-refractivity contribution in [3.05, 3.63) is 0 Å². The average Bonchev–Trinajstić information content (AvgIpc) is 1.69. The lowest BCUT2D eigenvalue weighted by atomic mass is 10.6. The first kappa shape index (κ1) is 7.18. The molecule has 0 aromatic rings. The largest absolute Gasteiger partial charge is 0.237 e. The third kappa shape index (κ3) is 6.18. The van der Waals surface area contributed by atoms with Crippen molar-refractivity contribution in [1.29, 1.82) is 0 Å². The van der Waals surface area contributed by atoms with Gasteiger partial charge in [-0.2, -0.15) is 0 Å². The van der Waals surface area contributed by atoms with E-state index in [2.05, 4.69) is 6.92 Å². The van der Waals surface area contributed by atoms with Crippen LogP contribution in [0.5, 0.6) is 0 Å². The molecule has 0 saturated carbocycles. The zero-order chi connectivity index (χ0) is 5.54. The molecular formula is C5H13OSi. The monoisotopic (exact) mass is 117 g/mol. The second kappa shape index (κ2) is 6.18. The van der Waals surface area contributed by atoms with Crippen molar-refractivity contribution in [1.82, 2.24) is 0 Å². The van der Waals surface area contributed by atoms with Crippen molar-refractivity contribution in [2.75, 3.05) is 6.61 Å². The molecule has 0 aliphatic rings. The smallest absolute Gasteiger partial charge is 0.0793 e. The van der Waals surface area contributed by atoms with Gasteiger partial charge in [0.25, 0.3) is 0 Å². The minimum atomic E-state index is 0.0988. The SMILES string of the molecule is CCC[SiH2]CC[O]. The maximum absolute atomic E-state index is 9.84. The molecule has 43 valence electrons. The molecule has 0 aromatic carbocycles.